The van der Waals surface area contributed by atoms with Gasteiger partial charge in [-0.3, -0.25) is 4.79 Å². The fourth-order valence-electron chi connectivity index (χ4n) is 2.15. The van der Waals surface area contributed by atoms with Crippen LogP contribution in [0.1, 0.15) is 23.7 Å². The molecule has 0 radical (unpaired) electrons. The molecule has 0 fully saturated rings. The lowest BCUT2D eigenvalue weighted by atomic mass is 10.1. The molecule has 0 saturated carbocycles. The minimum atomic E-state index is -0.864. The number of halogens is 1. The average molecular weight is 320 g/mol. The number of aliphatic hydroxyl groups excluding tert-OH is 1. The lowest BCUT2D eigenvalue weighted by Crippen LogP contribution is -2.15. The molecule has 0 heterocycles. The number of carbonyl (C=O) groups is 1. The van der Waals surface area contributed by atoms with E-state index in [2.05, 4.69) is 5.32 Å². The van der Waals surface area contributed by atoms with Crippen molar-refractivity contribution < 1.29 is 14.6 Å². The maximum Gasteiger partial charge on any atom is 0.227 e. The van der Waals surface area contributed by atoms with Crippen molar-refractivity contribution in [3.05, 3.63) is 58.6 Å². The molecule has 0 aliphatic rings. The zero-order valence-electron chi connectivity index (χ0n) is 12.5. The second kappa shape index (κ2) is 7.29. The predicted molar refractivity (Wildman–Crippen MR) is 87.4 cm³/mol. The van der Waals surface area contributed by atoms with E-state index in [0.29, 0.717) is 16.3 Å². The fraction of sp³-hybridized carbons (Fsp3) is 0.235. The van der Waals surface area contributed by atoms with E-state index in [-0.39, 0.29) is 12.3 Å². The van der Waals surface area contributed by atoms with Gasteiger partial charge in [0.15, 0.2) is 0 Å². The number of methoxy groups -OCH3 is 1. The molecular formula is C17H18ClNO3. The average Bonchev–Trinajstić information content (AvgIpc) is 2.48. The first-order valence-electron chi connectivity index (χ1n) is 6.87. The molecule has 0 bridgehead atoms. The number of hydrogen-bond acceptors (Lipinski definition) is 3. The van der Waals surface area contributed by atoms with E-state index in [1.54, 1.807) is 43.5 Å². The molecule has 0 saturated heterocycles. The van der Waals surface area contributed by atoms with Crippen LogP contribution in [-0.4, -0.2) is 18.1 Å². The first-order valence-corrected chi connectivity index (χ1v) is 7.25. The number of rotatable bonds is 5. The van der Waals surface area contributed by atoms with E-state index in [0.717, 1.165) is 11.3 Å². The Bertz CT molecular complexity index is 655. The van der Waals surface area contributed by atoms with Gasteiger partial charge in [0.25, 0.3) is 0 Å². The van der Waals surface area contributed by atoms with Gasteiger partial charge in [-0.2, -0.15) is 0 Å². The summed E-state index contributed by atoms with van der Waals surface area (Å²) in [6.45, 7) is 1.90. The highest BCUT2D eigenvalue weighted by Gasteiger charge is 2.13. The molecule has 2 rings (SSSR count). The zero-order chi connectivity index (χ0) is 16.1. The van der Waals surface area contributed by atoms with Gasteiger partial charge >= 0.3 is 0 Å². The van der Waals surface area contributed by atoms with Crippen molar-refractivity contribution >= 4 is 23.2 Å². The first-order chi connectivity index (χ1) is 10.5. The minimum absolute atomic E-state index is 0.0211. The number of amides is 1. The van der Waals surface area contributed by atoms with Crippen molar-refractivity contribution in [2.75, 3.05) is 12.4 Å². The van der Waals surface area contributed by atoms with E-state index in [1.165, 1.54) is 0 Å². The molecule has 2 aromatic carbocycles. The highest BCUT2D eigenvalue weighted by molar-refractivity contribution is 6.30. The smallest absolute Gasteiger partial charge is 0.227 e. The highest BCUT2D eigenvalue weighted by Crippen LogP contribution is 2.23. The summed E-state index contributed by atoms with van der Waals surface area (Å²) in [7, 11) is 1.60. The largest absolute Gasteiger partial charge is 0.496 e. The van der Waals surface area contributed by atoms with Crippen LogP contribution >= 0.6 is 11.6 Å². The number of ether oxygens (including phenoxy) is 1. The van der Waals surface area contributed by atoms with Crippen LogP contribution in [0.2, 0.25) is 5.02 Å². The molecule has 1 atom stereocenters. The number of hydrogen-bond donors (Lipinski definition) is 2. The van der Waals surface area contributed by atoms with Crippen LogP contribution in [0.15, 0.2) is 42.5 Å². The number of anilines is 1. The topological polar surface area (TPSA) is 58.6 Å². The number of benzene rings is 2. The van der Waals surface area contributed by atoms with Gasteiger partial charge in [0.05, 0.1) is 19.6 Å². The van der Waals surface area contributed by atoms with Gasteiger partial charge < -0.3 is 15.2 Å². The maximum atomic E-state index is 12.0. The summed E-state index contributed by atoms with van der Waals surface area (Å²) in [5.74, 6) is 0.506. The molecule has 4 nitrogen and oxygen atoms in total. The molecule has 0 aliphatic carbocycles. The molecular weight excluding hydrogens is 302 g/mol. The van der Waals surface area contributed by atoms with E-state index in [1.807, 2.05) is 13.0 Å². The van der Waals surface area contributed by atoms with Gasteiger partial charge in [-0.1, -0.05) is 23.7 Å². The predicted octanol–water partition coefficient (Wildman–Crippen LogP) is 3.72. The lowest BCUT2D eigenvalue weighted by Gasteiger charge is -2.12. The Kier molecular flexibility index (Phi) is 5.41. The van der Waals surface area contributed by atoms with Crippen LogP contribution in [0.25, 0.3) is 0 Å². The molecule has 2 aromatic rings. The van der Waals surface area contributed by atoms with Crippen molar-refractivity contribution in [2.45, 2.75) is 19.4 Å². The van der Waals surface area contributed by atoms with Crippen LogP contribution in [0.5, 0.6) is 5.75 Å². The van der Waals surface area contributed by atoms with Gasteiger partial charge in [-0.15, -0.1) is 0 Å². The summed E-state index contributed by atoms with van der Waals surface area (Å²) >= 11 is 5.80. The minimum Gasteiger partial charge on any atom is -0.496 e. The molecule has 0 spiro atoms. The van der Waals surface area contributed by atoms with Crippen LogP contribution < -0.4 is 10.1 Å². The Hall–Kier alpha value is -2.04. The monoisotopic (exact) mass is 319 g/mol. The van der Waals surface area contributed by atoms with E-state index in [9.17, 15) is 9.90 Å². The quantitative estimate of drug-likeness (QED) is 0.883. The molecule has 116 valence electrons. The summed E-state index contributed by atoms with van der Waals surface area (Å²) in [6, 6.07) is 12.2. The first kappa shape index (κ1) is 16.3. The summed E-state index contributed by atoms with van der Waals surface area (Å²) in [5, 5.41) is 13.4. The maximum absolute atomic E-state index is 12.0. The third-order valence-corrected chi connectivity index (χ3v) is 3.56. The Balaban J connectivity index is 1.97. The highest BCUT2D eigenvalue weighted by atomic mass is 35.5. The normalized spacial score (nSPS) is 11.8. The SMILES string of the molecule is COc1ccc(NC(=O)CC(O)c2ccc(Cl)cc2)cc1C. The third kappa shape index (κ3) is 4.23. The Labute approximate surface area is 134 Å². The summed E-state index contributed by atoms with van der Waals surface area (Å²) < 4.78 is 5.17. The zero-order valence-corrected chi connectivity index (χ0v) is 13.2. The molecule has 5 heteroatoms. The van der Waals surface area contributed by atoms with Crippen molar-refractivity contribution in [1.82, 2.24) is 0 Å². The number of nitrogens with one attached hydrogen (secondary N) is 1. The third-order valence-electron chi connectivity index (χ3n) is 3.31. The van der Waals surface area contributed by atoms with Gasteiger partial charge in [-0.25, -0.2) is 0 Å². The molecule has 1 amide bonds. The van der Waals surface area contributed by atoms with Gasteiger partial charge in [0, 0.05) is 10.7 Å². The van der Waals surface area contributed by atoms with Crippen molar-refractivity contribution in [3.8, 4) is 5.75 Å². The van der Waals surface area contributed by atoms with Crippen molar-refractivity contribution in [3.63, 3.8) is 0 Å². The van der Waals surface area contributed by atoms with Gasteiger partial charge in [0.1, 0.15) is 5.75 Å². The molecule has 2 N–H and O–H groups in total. The number of aryl methyl sites for hydroxylation is 1. The Morgan fingerprint density at radius 1 is 1.27 bits per heavy atom. The van der Waals surface area contributed by atoms with Crippen LogP contribution in [0, 0.1) is 6.92 Å². The van der Waals surface area contributed by atoms with Crippen LogP contribution in [0.3, 0.4) is 0 Å². The van der Waals surface area contributed by atoms with Crippen LogP contribution in [-0.2, 0) is 4.79 Å². The van der Waals surface area contributed by atoms with Crippen molar-refractivity contribution in [1.29, 1.82) is 0 Å². The second-order valence-electron chi connectivity index (χ2n) is 5.00. The molecule has 1 unspecified atom stereocenters. The number of aliphatic hydroxyl groups is 1. The second-order valence-corrected chi connectivity index (χ2v) is 5.44. The standard InChI is InChI=1S/C17H18ClNO3/c1-11-9-14(7-8-16(11)22-2)19-17(21)10-15(20)12-3-5-13(18)6-4-12/h3-9,15,20H,10H2,1-2H3,(H,19,21). The molecule has 0 aliphatic heterocycles. The Morgan fingerprint density at radius 3 is 2.55 bits per heavy atom. The summed E-state index contributed by atoms with van der Waals surface area (Å²) in [6.07, 6.45) is -0.885. The Morgan fingerprint density at radius 2 is 1.95 bits per heavy atom. The van der Waals surface area contributed by atoms with E-state index in [4.69, 9.17) is 16.3 Å². The number of carbonyl (C=O) groups excluding carboxylic acids is 1. The fourth-order valence-corrected chi connectivity index (χ4v) is 2.27. The van der Waals surface area contributed by atoms with E-state index < -0.39 is 6.10 Å². The van der Waals surface area contributed by atoms with Gasteiger partial charge in [-0.05, 0) is 48.4 Å². The molecule has 22 heavy (non-hydrogen) atoms. The van der Waals surface area contributed by atoms with E-state index >= 15 is 0 Å². The van der Waals surface area contributed by atoms with Crippen LogP contribution in [0.4, 0.5) is 5.69 Å². The summed E-state index contributed by atoms with van der Waals surface area (Å²) in [4.78, 5) is 12.0. The molecule has 0 aromatic heterocycles. The van der Waals surface area contributed by atoms with Crippen molar-refractivity contribution in [2.24, 2.45) is 0 Å². The summed E-state index contributed by atoms with van der Waals surface area (Å²) in [5.41, 5.74) is 2.26. The lowest BCUT2D eigenvalue weighted by molar-refractivity contribution is -0.118. The van der Waals surface area contributed by atoms with Gasteiger partial charge in [0.2, 0.25) is 5.91 Å².